The molecule has 1 atom stereocenters. The Kier molecular flexibility index (Phi) is 4.35. The highest BCUT2D eigenvalue weighted by Crippen LogP contribution is 2.29. The van der Waals surface area contributed by atoms with Gasteiger partial charge in [-0.25, -0.2) is 0 Å². The number of rotatable bonds is 3. The van der Waals surface area contributed by atoms with Crippen molar-refractivity contribution in [3.05, 3.63) is 70.2 Å². The molecule has 1 nitrogen and oxygen atoms in total. The van der Waals surface area contributed by atoms with Gasteiger partial charge in [-0.15, -0.1) is 0 Å². The van der Waals surface area contributed by atoms with Crippen molar-refractivity contribution in [1.29, 1.82) is 0 Å². The van der Waals surface area contributed by atoms with Crippen LogP contribution in [-0.2, 0) is 12.6 Å². The molecule has 106 valence electrons. The van der Waals surface area contributed by atoms with E-state index in [9.17, 15) is 13.2 Å². The fourth-order valence-corrected chi connectivity index (χ4v) is 2.04. The minimum absolute atomic E-state index is 0.274. The van der Waals surface area contributed by atoms with E-state index in [0.717, 1.165) is 23.3 Å². The van der Waals surface area contributed by atoms with E-state index in [1.807, 2.05) is 12.1 Å². The number of benzene rings is 2. The van der Waals surface area contributed by atoms with E-state index in [2.05, 4.69) is 0 Å². The van der Waals surface area contributed by atoms with Gasteiger partial charge >= 0.3 is 6.18 Å². The lowest BCUT2D eigenvalue weighted by Crippen LogP contribution is -2.13. The average molecular weight is 300 g/mol. The van der Waals surface area contributed by atoms with Crippen LogP contribution in [0, 0.1) is 0 Å². The maximum atomic E-state index is 12.4. The van der Waals surface area contributed by atoms with Crippen LogP contribution >= 0.6 is 11.6 Å². The van der Waals surface area contributed by atoms with Crippen LogP contribution in [0.3, 0.4) is 0 Å². The highest BCUT2D eigenvalue weighted by Gasteiger charge is 2.29. The summed E-state index contributed by atoms with van der Waals surface area (Å²) in [5, 5.41) is 0.621. The second-order valence-corrected chi connectivity index (χ2v) is 4.99. The number of halogens is 4. The molecule has 2 N–H and O–H groups in total. The predicted molar refractivity (Wildman–Crippen MR) is 73.5 cm³/mol. The maximum absolute atomic E-state index is 12.4. The smallest absolute Gasteiger partial charge is 0.324 e. The molecular formula is C15H13ClF3N. The van der Waals surface area contributed by atoms with Crippen molar-refractivity contribution < 1.29 is 13.2 Å². The summed E-state index contributed by atoms with van der Waals surface area (Å²) in [5.41, 5.74) is 7.05. The van der Waals surface area contributed by atoms with E-state index >= 15 is 0 Å². The Hall–Kier alpha value is -1.52. The van der Waals surface area contributed by atoms with Crippen LogP contribution < -0.4 is 5.73 Å². The Morgan fingerprint density at radius 1 is 0.950 bits per heavy atom. The third-order valence-electron chi connectivity index (χ3n) is 3.04. The van der Waals surface area contributed by atoms with Gasteiger partial charge in [0.15, 0.2) is 0 Å². The predicted octanol–water partition coefficient (Wildman–Crippen LogP) is 4.60. The second-order valence-electron chi connectivity index (χ2n) is 4.56. The first-order valence-corrected chi connectivity index (χ1v) is 6.41. The summed E-state index contributed by atoms with van der Waals surface area (Å²) in [4.78, 5) is 0. The zero-order valence-corrected chi connectivity index (χ0v) is 11.2. The summed E-state index contributed by atoms with van der Waals surface area (Å²) in [5.74, 6) is 0. The number of hydrogen-bond donors (Lipinski definition) is 1. The van der Waals surface area contributed by atoms with Crippen LogP contribution in [0.5, 0.6) is 0 Å². The van der Waals surface area contributed by atoms with E-state index in [0.29, 0.717) is 11.4 Å². The van der Waals surface area contributed by atoms with Gasteiger partial charge in [0, 0.05) is 11.1 Å². The number of nitrogens with two attached hydrogens (primary N) is 1. The monoisotopic (exact) mass is 299 g/mol. The molecule has 20 heavy (non-hydrogen) atoms. The summed E-state index contributed by atoms with van der Waals surface area (Å²) in [6.45, 7) is 0. The van der Waals surface area contributed by atoms with Crippen LogP contribution in [-0.4, -0.2) is 0 Å². The second kappa shape index (κ2) is 5.85. The van der Waals surface area contributed by atoms with Gasteiger partial charge in [-0.05, 0) is 41.8 Å². The Morgan fingerprint density at radius 2 is 1.50 bits per heavy atom. The molecule has 5 heteroatoms. The van der Waals surface area contributed by atoms with Crippen molar-refractivity contribution in [3.8, 4) is 0 Å². The van der Waals surface area contributed by atoms with E-state index < -0.39 is 11.7 Å². The summed E-state index contributed by atoms with van der Waals surface area (Å²) >= 11 is 5.79. The highest BCUT2D eigenvalue weighted by molar-refractivity contribution is 6.30. The summed E-state index contributed by atoms with van der Waals surface area (Å²) in [7, 11) is 0. The minimum Gasteiger partial charge on any atom is -0.324 e. The molecule has 0 fully saturated rings. The lowest BCUT2D eigenvalue weighted by Gasteiger charge is -2.13. The van der Waals surface area contributed by atoms with Crippen LogP contribution in [0.4, 0.5) is 13.2 Å². The van der Waals surface area contributed by atoms with Crippen molar-refractivity contribution in [2.75, 3.05) is 0 Å². The summed E-state index contributed by atoms with van der Waals surface area (Å²) in [6.07, 6.45) is -3.84. The lowest BCUT2D eigenvalue weighted by atomic mass is 9.99. The van der Waals surface area contributed by atoms with Gasteiger partial charge in [0.05, 0.1) is 5.56 Å². The minimum atomic E-state index is -4.31. The molecule has 2 rings (SSSR count). The van der Waals surface area contributed by atoms with Crippen molar-refractivity contribution in [1.82, 2.24) is 0 Å². The van der Waals surface area contributed by atoms with Gasteiger partial charge in [0.25, 0.3) is 0 Å². The lowest BCUT2D eigenvalue weighted by molar-refractivity contribution is -0.137. The number of alkyl halides is 3. The summed E-state index contributed by atoms with van der Waals surface area (Å²) in [6, 6.07) is 11.9. The van der Waals surface area contributed by atoms with Crippen LogP contribution in [0.15, 0.2) is 48.5 Å². The molecule has 2 aromatic carbocycles. The molecule has 0 bridgehead atoms. The van der Waals surface area contributed by atoms with E-state index in [1.165, 1.54) is 12.1 Å². The summed E-state index contributed by atoms with van der Waals surface area (Å²) < 4.78 is 37.3. The van der Waals surface area contributed by atoms with Crippen LogP contribution in [0.2, 0.25) is 5.02 Å². The molecule has 0 saturated carbocycles. The van der Waals surface area contributed by atoms with Gasteiger partial charge in [0.2, 0.25) is 0 Å². The van der Waals surface area contributed by atoms with Gasteiger partial charge in [-0.1, -0.05) is 35.9 Å². The third-order valence-corrected chi connectivity index (χ3v) is 3.29. The zero-order chi connectivity index (χ0) is 14.8. The largest absolute Gasteiger partial charge is 0.416 e. The first-order chi connectivity index (χ1) is 9.36. The molecule has 1 unspecified atom stereocenters. The molecule has 0 saturated heterocycles. The molecule has 0 aliphatic rings. The van der Waals surface area contributed by atoms with Crippen LogP contribution in [0.1, 0.15) is 22.7 Å². The Morgan fingerprint density at radius 3 is 2.00 bits per heavy atom. The zero-order valence-electron chi connectivity index (χ0n) is 10.5. The highest BCUT2D eigenvalue weighted by atomic mass is 35.5. The van der Waals surface area contributed by atoms with Crippen molar-refractivity contribution in [2.24, 2.45) is 5.73 Å². The standard InChI is InChI=1S/C15H13ClF3N/c16-13-7-3-11(4-8-13)14(20)9-10-1-5-12(6-2-10)15(17,18)19/h1-8,14H,9,20H2. The van der Waals surface area contributed by atoms with Crippen molar-refractivity contribution in [2.45, 2.75) is 18.6 Å². The molecule has 2 aromatic rings. The Balaban J connectivity index is 2.08. The fraction of sp³-hybridized carbons (Fsp3) is 0.200. The molecule has 0 aromatic heterocycles. The molecule has 0 heterocycles. The first-order valence-electron chi connectivity index (χ1n) is 6.03. The maximum Gasteiger partial charge on any atom is 0.416 e. The Labute approximate surface area is 120 Å². The van der Waals surface area contributed by atoms with Crippen molar-refractivity contribution in [3.63, 3.8) is 0 Å². The van der Waals surface area contributed by atoms with E-state index in [-0.39, 0.29) is 6.04 Å². The van der Waals surface area contributed by atoms with Crippen LogP contribution in [0.25, 0.3) is 0 Å². The Bertz CT molecular complexity index is 561. The molecule has 0 amide bonds. The van der Waals surface area contributed by atoms with Gasteiger partial charge in [-0.2, -0.15) is 13.2 Å². The van der Waals surface area contributed by atoms with E-state index in [4.69, 9.17) is 17.3 Å². The fourth-order valence-electron chi connectivity index (χ4n) is 1.91. The van der Waals surface area contributed by atoms with Gasteiger partial charge in [0.1, 0.15) is 0 Å². The number of hydrogen-bond acceptors (Lipinski definition) is 1. The van der Waals surface area contributed by atoms with Gasteiger partial charge < -0.3 is 5.73 Å². The molecule has 0 aliphatic heterocycles. The SMILES string of the molecule is NC(Cc1ccc(C(F)(F)F)cc1)c1ccc(Cl)cc1. The molecule has 0 spiro atoms. The first kappa shape index (κ1) is 14.9. The molecule has 0 aliphatic carbocycles. The van der Waals surface area contributed by atoms with Crippen molar-refractivity contribution >= 4 is 11.6 Å². The van der Waals surface area contributed by atoms with Gasteiger partial charge in [-0.3, -0.25) is 0 Å². The average Bonchev–Trinajstić information content (AvgIpc) is 2.39. The quantitative estimate of drug-likeness (QED) is 0.880. The molecule has 0 radical (unpaired) electrons. The topological polar surface area (TPSA) is 26.0 Å². The molecular weight excluding hydrogens is 287 g/mol. The normalized spacial score (nSPS) is 13.2. The van der Waals surface area contributed by atoms with E-state index in [1.54, 1.807) is 12.1 Å². The third kappa shape index (κ3) is 3.74.